The van der Waals surface area contributed by atoms with Crippen LogP contribution in [0.4, 0.5) is 0 Å². The Morgan fingerprint density at radius 1 is 1.53 bits per heavy atom. The minimum Gasteiger partial charge on any atom is -0.390 e. The Hall–Kier alpha value is -0.660. The van der Waals surface area contributed by atoms with E-state index < -0.39 is 26.8 Å². The van der Waals surface area contributed by atoms with Crippen LogP contribution in [0.2, 0.25) is 0 Å². The van der Waals surface area contributed by atoms with Crippen molar-refractivity contribution in [2.45, 2.75) is 24.7 Å². The molecule has 1 aliphatic heterocycles. The Kier molecular flexibility index (Phi) is 3.09. The van der Waals surface area contributed by atoms with Gasteiger partial charge in [0.25, 0.3) is 15.9 Å². The molecule has 88 valence electrons. The minimum atomic E-state index is -3.57. The molecule has 1 fully saturated rings. The van der Waals surface area contributed by atoms with Gasteiger partial charge in [0.05, 0.1) is 12.6 Å². The number of likely N-dealkylation sites (N-methyl/N-ethyl adjacent to an activating group) is 1. The summed E-state index contributed by atoms with van der Waals surface area (Å²) in [5.74, 6) is -0.461. The Labute approximate surface area is 89.3 Å². The highest BCUT2D eigenvalue weighted by atomic mass is 32.2. The first-order chi connectivity index (χ1) is 6.75. The van der Waals surface area contributed by atoms with E-state index in [0.717, 1.165) is 4.31 Å². The third kappa shape index (κ3) is 1.75. The van der Waals surface area contributed by atoms with Crippen molar-refractivity contribution in [3.8, 4) is 0 Å². The molecule has 0 aliphatic carbocycles. The van der Waals surface area contributed by atoms with Crippen molar-refractivity contribution in [3.63, 3.8) is 0 Å². The average Bonchev–Trinajstić information content (AvgIpc) is 2.13. The second kappa shape index (κ2) is 3.73. The van der Waals surface area contributed by atoms with Crippen molar-refractivity contribution < 1.29 is 18.3 Å². The van der Waals surface area contributed by atoms with Crippen LogP contribution in [-0.2, 0) is 14.8 Å². The first-order valence-corrected chi connectivity index (χ1v) is 6.08. The predicted molar refractivity (Wildman–Crippen MR) is 54.6 cm³/mol. The number of nitrogens with one attached hydrogen (secondary N) is 1. The molecule has 0 spiro atoms. The quantitative estimate of drug-likeness (QED) is 0.621. The maximum atomic E-state index is 11.6. The maximum absolute atomic E-state index is 11.6. The van der Waals surface area contributed by atoms with Crippen LogP contribution >= 0.6 is 0 Å². The topological polar surface area (TPSA) is 86.7 Å². The van der Waals surface area contributed by atoms with E-state index in [4.69, 9.17) is 0 Å². The zero-order valence-electron chi connectivity index (χ0n) is 9.02. The number of aliphatic hydroxyl groups is 1. The highest BCUT2D eigenvalue weighted by molar-refractivity contribution is 7.94. The Morgan fingerprint density at radius 3 is 2.47 bits per heavy atom. The number of carbonyl (C=O) groups excluding carboxylic acids is 1. The largest absolute Gasteiger partial charge is 0.390 e. The molecule has 0 aromatic heterocycles. The van der Waals surface area contributed by atoms with E-state index in [1.807, 2.05) is 0 Å². The summed E-state index contributed by atoms with van der Waals surface area (Å²) in [6, 6.07) is 0. The fraction of sp³-hybridized carbons (Fsp3) is 0.875. The van der Waals surface area contributed by atoms with E-state index in [0.29, 0.717) is 0 Å². The summed E-state index contributed by atoms with van der Waals surface area (Å²) in [6.45, 7) is 2.81. The van der Waals surface area contributed by atoms with Gasteiger partial charge in [-0.3, -0.25) is 4.79 Å². The zero-order valence-corrected chi connectivity index (χ0v) is 9.84. The predicted octanol–water partition coefficient (Wildman–Crippen LogP) is -1.48. The normalized spacial score (nSPS) is 24.8. The van der Waals surface area contributed by atoms with Gasteiger partial charge in [-0.15, -0.1) is 0 Å². The first kappa shape index (κ1) is 12.4. The number of aliphatic hydroxyl groups excluding tert-OH is 1. The SMILES string of the molecule is CNCC(O)CN1C(=O)C(C)(C)S1(=O)=O. The number of amides is 1. The van der Waals surface area contributed by atoms with E-state index in [-0.39, 0.29) is 13.1 Å². The summed E-state index contributed by atoms with van der Waals surface area (Å²) in [5, 5.41) is 12.1. The van der Waals surface area contributed by atoms with Gasteiger partial charge in [-0.1, -0.05) is 0 Å². The molecule has 1 saturated heterocycles. The van der Waals surface area contributed by atoms with Crippen molar-refractivity contribution in [1.29, 1.82) is 0 Å². The molecule has 0 bridgehead atoms. The lowest BCUT2D eigenvalue weighted by atomic mass is 10.2. The highest BCUT2D eigenvalue weighted by Gasteiger charge is 2.60. The van der Waals surface area contributed by atoms with Gasteiger partial charge in [-0.25, -0.2) is 12.7 Å². The zero-order chi connectivity index (χ0) is 11.9. The molecule has 15 heavy (non-hydrogen) atoms. The third-order valence-electron chi connectivity index (χ3n) is 2.49. The molecule has 2 N–H and O–H groups in total. The molecule has 0 radical (unpaired) electrons. The van der Waals surface area contributed by atoms with Crippen molar-refractivity contribution in [3.05, 3.63) is 0 Å². The molecule has 6 nitrogen and oxygen atoms in total. The Bertz CT molecular complexity index is 363. The van der Waals surface area contributed by atoms with Crippen LogP contribution in [0.25, 0.3) is 0 Å². The van der Waals surface area contributed by atoms with E-state index in [1.54, 1.807) is 7.05 Å². The number of β-amino-alcohol motifs (C(OH)–C–C–N with tert-alkyl or cyclic N) is 1. The summed E-state index contributed by atoms with van der Waals surface area (Å²) in [4.78, 5) is 11.5. The van der Waals surface area contributed by atoms with Crippen molar-refractivity contribution in [2.75, 3.05) is 20.1 Å². The summed E-state index contributed by atoms with van der Waals surface area (Å²) < 4.78 is 22.6. The van der Waals surface area contributed by atoms with Gasteiger partial charge in [-0.05, 0) is 20.9 Å². The van der Waals surface area contributed by atoms with Crippen molar-refractivity contribution in [1.82, 2.24) is 9.62 Å². The van der Waals surface area contributed by atoms with Crippen LogP contribution in [0.5, 0.6) is 0 Å². The molecule has 1 atom stereocenters. The summed E-state index contributed by atoms with van der Waals surface area (Å²) in [7, 11) is -1.93. The lowest BCUT2D eigenvalue weighted by Crippen LogP contribution is -2.68. The summed E-state index contributed by atoms with van der Waals surface area (Å²) >= 11 is 0. The third-order valence-corrected chi connectivity index (χ3v) is 4.85. The summed E-state index contributed by atoms with van der Waals surface area (Å²) in [5.41, 5.74) is 0. The molecule has 1 unspecified atom stereocenters. The lowest BCUT2D eigenvalue weighted by molar-refractivity contribution is -0.133. The van der Waals surface area contributed by atoms with Gasteiger partial charge in [0.1, 0.15) is 0 Å². The first-order valence-electron chi connectivity index (χ1n) is 4.64. The molecule has 1 aliphatic rings. The van der Waals surface area contributed by atoms with Crippen LogP contribution in [0.15, 0.2) is 0 Å². The molecule has 0 aromatic rings. The van der Waals surface area contributed by atoms with Gasteiger partial charge in [0.15, 0.2) is 4.75 Å². The molecule has 1 heterocycles. The standard InChI is InChI=1S/C8H16N2O4S/c1-8(2)7(12)10(15(8,13)14)5-6(11)4-9-3/h6,9,11H,4-5H2,1-3H3. The van der Waals surface area contributed by atoms with Crippen LogP contribution in [-0.4, -0.2) is 54.7 Å². The van der Waals surface area contributed by atoms with Gasteiger partial charge in [0, 0.05) is 6.54 Å². The smallest absolute Gasteiger partial charge is 0.258 e. The molecule has 1 rings (SSSR count). The van der Waals surface area contributed by atoms with Crippen molar-refractivity contribution in [2.24, 2.45) is 0 Å². The van der Waals surface area contributed by atoms with Gasteiger partial charge in [-0.2, -0.15) is 0 Å². The number of carbonyl (C=O) groups is 1. The number of hydrogen-bond donors (Lipinski definition) is 2. The second-order valence-electron chi connectivity index (χ2n) is 4.06. The van der Waals surface area contributed by atoms with Crippen molar-refractivity contribution >= 4 is 15.9 Å². The molecule has 1 amide bonds. The summed E-state index contributed by atoms with van der Waals surface area (Å²) in [6.07, 6.45) is -0.871. The number of sulfonamides is 1. The molecule has 7 heteroatoms. The number of nitrogens with zero attached hydrogens (tertiary/aromatic N) is 1. The van der Waals surface area contributed by atoms with Gasteiger partial charge >= 0.3 is 0 Å². The van der Waals surface area contributed by atoms with Gasteiger partial charge < -0.3 is 10.4 Å². The number of rotatable bonds is 4. The Balaban J connectivity index is 2.72. The Morgan fingerprint density at radius 2 is 2.07 bits per heavy atom. The van der Waals surface area contributed by atoms with Crippen LogP contribution in [0.3, 0.4) is 0 Å². The van der Waals surface area contributed by atoms with E-state index in [2.05, 4.69) is 5.32 Å². The highest BCUT2D eigenvalue weighted by Crippen LogP contribution is 2.34. The van der Waals surface area contributed by atoms with Crippen LogP contribution < -0.4 is 5.32 Å². The second-order valence-corrected chi connectivity index (χ2v) is 6.47. The fourth-order valence-electron chi connectivity index (χ4n) is 1.43. The fourth-order valence-corrected chi connectivity index (χ4v) is 2.99. The van der Waals surface area contributed by atoms with E-state index in [1.165, 1.54) is 13.8 Å². The minimum absolute atomic E-state index is 0.175. The average molecular weight is 236 g/mol. The van der Waals surface area contributed by atoms with E-state index in [9.17, 15) is 18.3 Å². The van der Waals surface area contributed by atoms with E-state index >= 15 is 0 Å². The van der Waals surface area contributed by atoms with Crippen LogP contribution in [0.1, 0.15) is 13.8 Å². The molecular weight excluding hydrogens is 220 g/mol. The molecular formula is C8H16N2O4S. The lowest BCUT2D eigenvalue weighted by Gasteiger charge is -2.43. The molecule has 0 saturated carbocycles. The monoisotopic (exact) mass is 236 g/mol. The molecule has 0 aromatic carbocycles. The van der Waals surface area contributed by atoms with Gasteiger partial charge in [0.2, 0.25) is 0 Å². The van der Waals surface area contributed by atoms with Crippen LogP contribution in [0, 0.1) is 0 Å². The maximum Gasteiger partial charge on any atom is 0.258 e. The number of hydrogen-bond acceptors (Lipinski definition) is 5.